The molecule has 4 aromatic rings. The van der Waals surface area contributed by atoms with E-state index in [-0.39, 0.29) is 35.7 Å². The van der Waals surface area contributed by atoms with Crippen LogP contribution in [0.5, 0.6) is 0 Å². The molecular weight excluding hydrogens is 455 g/mol. The molecule has 0 spiro atoms. The monoisotopic (exact) mass is 480 g/mol. The number of nitrogens with one attached hydrogen (secondary N) is 2. The number of nitrogens with zero attached hydrogens (tertiary/aromatic N) is 3. The second kappa shape index (κ2) is 9.60. The number of carbonyl (C=O) groups excluding carboxylic acids is 2. The first-order chi connectivity index (χ1) is 16.2. The van der Waals surface area contributed by atoms with Crippen LogP contribution in [-0.4, -0.2) is 32.5 Å². The van der Waals surface area contributed by atoms with Crippen LogP contribution in [-0.2, 0) is 0 Å². The first kappa shape index (κ1) is 23.4. The number of anilines is 1. The lowest BCUT2D eigenvalue weighted by Gasteiger charge is -2.13. The van der Waals surface area contributed by atoms with Gasteiger partial charge < -0.3 is 16.4 Å². The summed E-state index contributed by atoms with van der Waals surface area (Å²) in [6, 6.07) is 9.21. The van der Waals surface area contributed by atoms with Crippen molar-refractivity contribution < 1.29 is 14.0 Å². The van der Waals surface area contributed by atoms with Gasteiger partial charge in [-0.15, -0.1) is 16.4 Å². The summed E-state index contributed by atoms with van der Waals surface area (Å²) in [6.07, 6.45) is 2.51. The largest absolute Gasteiger partial charge is 0.366 e. The third kappa shape index (κ3) is 4.91. The number of thiophene rings is 1. The number of fused-ring (bicyclic) bond motifs is 1. The van der Waals surface area contributed by atoms with Gasteiger partial charge in [0.05, 0.1) is 16.5 Å². The van der Waals surface area contributed by atoms with Gasteiger partial charge >= 0.3 is 0 Å². The van der Waals surface area contributed by atoms with Crippen molar-refractivity contribution in [1.29, 1.82) is 0 Å². The smallest absolute Gasteiger partial charge is 0.261 e. The Balaban J connectivity index is 1.60. The van der Waals surface area contributed by atoms with Gasteiger partial charge in [-0.3, -0.25) is 9.59 Å². The summed E-state index contributed by atoms with van der Waals surface area (Å²) in [6.45, 7) is 5.75. The molecule has 3 heterocycles. The molecule has 0 aliphatic heterocycles. The zero-order valence-electron chi connectivity index (χ0n) is 19.0. The zero-order valence-corrected chi connectivity index (χ0v) is 19.8. The van der Waals surface area contributed by atoms with Crippen LogP contribution in [0, 0.1) is 5.82 Å². The topological polar surface area (TPSA) is 114 Å². The minimum atomic E-state index is -0.325. The Hall–Kier alpha value is -3.79. The lowest BCUT2D eigenvalue weighted by Crippen LogP contribution is -2.32. The number of benzene rings is 1. The summed E-state index contributed by atoms with van der Waals surface area (Å²) in [5.41, 5.74) is 8.76. The van der Waals surface area contributed by atoms with Crippen LogP contribution in [0.1, 0.15) is 58.8 Å². The van der Waals surface area contributed by atoms with Crippen molar-refractivity contribution in [1.82, 2.24) is 25.2 Å². The van der Waals surface area contributed by atoms with Crippen LogP contribution in [0.3, 0.4) is 0 Å². The minimum absolute atomic E-state index is 0.00369. The van der Waals surface area contributed by atoms with Gasteiger partial charge in [-0.05, 0) is 61.0 Å². The molecule has 0 aliphatic rings. The maximum atomic E-state index is 13.2. The highest BCUT2D eigenvalue weighted by atomic mass is 32.1. The third-order valence-electron chi connectivity index (χ3n) is 5.56. The summed E-state index contributed by atoms with van der Waals surface area (Å²) in [5, 5.41) is 11.9. The zero-order chi connectivity index (χ0) is 24.4. The summed E-state index contributed by atoms with van der Waals surface area (Å²) in [5.74, 6) is -0.771. The SMILES string of the molecule is CC[C@H](C)NC(=O)c1cc(-c2csc(C(=O)N[C@@H](C)c3ccc(F)cc3)c2)cn2nc(N)nc12. The van der Waals surface area contributed by atoms with E-state index in [1.54, 1.807) is 30.5 Å². The summed E-state index contributed by atoms with van der Waals surface area (Å²) in [4.78, 5) is 30.4. The van der Waals surface area contributed by atoms with Crippen molar-refractivity contribution in [3.8, 4) is 11.1 Å². The molecule has 0 saturated carbocycles. The normalized spacial score (nSPS) is 12.9. The van der Waals surface area contributed by atoms with Crippen molar-refractivity contribution in [3.05, 3.63) is 69.8 Å². The Labute approximate surface area is 200 Å². The van der Waals surface area contributed by atoms with Gasteiger partial charge in [0.2, 0.25) is 5.95 Å². The number of hydrogen-bond donors (Lipinski definition) is 3. The summed E-state index contributed by atoms with van der Waals surface area (Å²) < 4.78 is 14.6. The Morgan fingerprint density at radius 3 is 2.56 bits per heavy atom. The molecule has 0 aliphatic carbocycles. The Bertz CT molecular complexity index is 1350. The van der Waals surface area contributed by atoms with Gasteiger partial charge in [0, 0.05) is 17.8 Å². The number of rotatable bonds is 7. The number of nitrogen functional groups attached to an aromatic ring is 1. The molecule has 0 unspecified atom stereocenters. The molecule has 3 aromatic heterocycles. The number of halogens is 1. The van der Waals surface area contributed by atoms with Gasteiger partial charge in [0.1, 0.15) is 5.82 Å². The molecule has 0 saturated heterocycles. The van der Waals surface area contributed by atoms with Crippen molar-refractivity contribution in [2.45, 2.75) is 39.3 Å². The number of carbonyl (C=O) groups is 2. The summed E-state index contributed by atoms with van der Waals surface area (Å²) in [7, 11) is 0. The molecule has 2 atom stereocenters. The molecule has 0 bridgehead atoms. The summed E-state index contributed by atoms with van der Waals surface area (Å²) >= 11 is 1.29. The first-order valence-corrected chi connectivity index (χ1v) is 11.7. The Morgan fingerprint density at radius 1 is 1.12 bits per heavy atom. The lowest BCUT2D eigenvalue weighted by atomic mass is 10.1. The second-order valence-corrected chi connectivity index (χ2v) is 9.02. The van der Waals surface area contributed by atoms with E-state index in [2.05, 4.69) is 20.7 Å². The molecule has 8 nitrogen and oxygen atoms in total. The molecule has 4 N–H and O–H groups in total. The number of aromatic nitrogens is 3. The number of hydrogen-bond acceptors (Lipinski definition) is 6. The molecule has 2 amide bonds. The fraction of sp³-hybridized carbons (Fsp3) is 0.250. The maximum Gasteiger partial charge on any atom is 0.261 e. The molecular formula is C24H25FN6O2S. The van der Waals surface area contributed by atoms with E-state index in [0.717, 1.165) is 17.5 Å². The van der Waals surface area contributed by atoms with Crippen molar-refractivity contribution in [2.75, 3.05) is 5.73 Å². The van der Waals surface area contributed by atoms with Gasteiger partial charge in [0.15, 0.2) is 5.65 Å². The quantitative estimate of drug-likeness (QED) is 0.367. The maximum absolute atomic E-state index is 13.2. The van der Waals surface area contributed by atoms with Gasteiger partial charge in [-0.2, -0.15) is 4.98 Å². The van der Waals surface area contributed by atoms with Crippen LogP contribution < -0.4 is 16.4 Å². The second-order valence-electron chi connectivity index (χ2n) is 8.11. The molecule has 0 fully saturated rings. The number of nitrogens with two attached hydrogens (primary N) is 1. The van der Waals surface area contributed by atoms with Crippen LogP contribution in [0.25, 0.3) is 16.8 Å². The number of amides is 2. The van der Waals surface area contributed by atoms with E-state index in [1.165, 1.54) is 28.0 Å². The van der Waals surface area contributed by atoms with Crippen LogP contribution in [0.4, 0.5) is 10.3 Å². The fourth-order valence-electron chi connectivity index (χ4n) is 3.44. The molecule has 10 heteroatoms. The Morgan fingerprint density at radius 2 is 1.85 bits per heavy atom. The van der Waals surface area contributed by atoms with E-state index in [9.17, 15) is 14.0 Å². The van der Waals surface area contributed by atoms with Gasteiger partial charge in [0.25, 0.3) is 11.8 Å². The highest BCUT2D eigenvalue weighted by molar-refractivity contribution is 7.12. The molecule has 34 heavy (non-hydrogen) atoms. The molecule has 4 rings (SSSR count). The average Bonchev–Trinajstić information content (AvgIpc) is 3.44. The molecule has 1 aromatic carbocycles. The van der Waals surface area contributed by atoms with E-state index < -0.39 is 0 Å². The third-order valence-corrected chi connectivity index (χ3v) is 6.49. The minimum Gasteiger partial charge on any atom is -0.366 e. The predicted molar refractivity (Wildman–Crippen MR) is 130 cm³/mol. The van der Waals surface area contributed by atoms with E-state index in [1.807, 2.05) is 26.2 Å². The predicted octanol–water partition coefficient (Wildman–Crippen LogP) is 4.20. The van der Waals surface area contributed by atoms with Crippen molar-refractivity contribution in [3.63, 3.8) is 0 Å². The van der Waals surface area contributed by atoms with E-state index in [0.29, 0.717) is 21.7 Å². The van der Waals surface area contributed by atoms with Crippen LogP contribution in [0.2, 0.25) is 0 Å². The van der Waals surface area contributed by atoms with Crippen molar-refractivity contribution in [2.24, 2.45) is 0 Å². The fourth-order valence-corrected chi connectivity index (χ4v) is 4.26. The lowest BCUT2D eigenvalue weighted by molar-refractivity contribution is 0.0933. The first-order valence-electron chi connectivity index (χ1n) is 10.9. The van der Waals surface area contributed by atoms with E-state index >= 15 is 0 Å². The van der Waals surface area contributed by atoms with E-state index in [4.69, 9.17) is 5.73 Å². The number of pyridine rings is 1. The van der Waals surface area contributed by atoms with Crippen molar-refractivity contribution >= 4 is 34.7 Å². The standard InChI is InChI=1S/C24H25FN6O2S/c1-4-13(2)27-22(32)19-9-16(11-31-21(19)29-24(26)30-31)17-10-20(34-12-17)23(33)28-14(3)15-5-7-18(25)8-6-15/h5-14H,4H2,1-3H3,(H2,26,30)(H,27,32)(H,28,33)/t13-,14-/m0/s1. The van der Waals surface area contributed by atoms with Gasteiger partial charge in [-0.25, -0.2) is 8.91 Å². The molecule has 176 valence electrons. The highest BCUT2D eigenvalue weighted by Gasteiger charge is 2.19. The van der Waals surface area contributed by atoms with Crippen LogP contribution >= 0.6 is 11.3 Å². The average molecular weight is 481 g/mol. The van der Waals surface area contributed by atoms with Gasteiger partial charge in [-0.1, -0.05) is 19.1 Å². The Kier molecular flexibility index (Phi) is 6.60. The highest BCUT2D eigenvalue weighted by Crippen LogP contribution is 2.28. The van der Waals surface area contributed by atoms with Crippen LogP contribution in [0.15, 0.2) is 48.0 Å². The molecule has 0 radical (unpaired) electrons.